The van der Waals surface area contributed by atoms with Crippen LogP contribution >= 0.6 is 0 Å². The molecule has 2 aliphatic rings. The summed E-state index contributed by atoms with van der Waals surface area (Å²) in [5, 5.41) is 35.7. The van der Waals surface area contributed by atoms with Gasteiger partial charge in [0.15, 0.2) is 0 Å². The molecule has 0 aliphatic carbocycles. The molecule has 2 aliphatic heterocycles. The van der Waals surface area contributed by atoms with Crippen LogP contribution in [0.3, 0.4) is 0 Å². The van der Waals surface area contributed by atoms with E-state index in [-0.39, 0.29) is 24.1 Å². The van der Waals surface area contributed by atoms with Gasteiger partial charge in [0.25, 0.3) is 0 Å². The Kier molecular flexibility index (Phi) is 8.63. The van der Waals surface area contributed by atoms with Crippen molar-refractivity contribution in [2.24, 2.45) is 0 Å². The van der Waals surface area contributed by atoms with Gasteiger partial charge in [-0.3, -0.25) is 19.2 Å². The number of aliphatic carboxylic acids is 2. The first-order chi connectivity index (χ1) is 16.7. The van der Waals surface area contributed by atoms with E-state index in [2.05, 4.69) is 16.0 Å². The number of carboxylic acid groups (broad SMARTS) is 2. The molecular weight excluding hydrogens is 460 g/mol. The van der Waals surface area contributed by atoms with Gasteiger partial charge in [-0.15, -0.1) is 0 Å². The van der Waals surface area contributed by atoms with Gasteiger partial charge in [-0.25, -0.2) is 4.79 Å². The second-order valence-electron chi connectivity index (χ2n) is 8.77. The van der Waals surface area contributed by atoms with E-state index < -0.39 is 48.3 Å². The molecule has 6 N–H and O–H groups in total. The molecule has 12 heteroatoms. The summed E-state index contributed by atoms with van der Waals surface area (Å²) >= 11 is 0. The lowest BCUT2D eigenvalue weighted by Gasteiger charge is -2.28. The molecule has 0 aromatic heterocycles. The van der Waals surface area contributed by atoms with E-state index in [9.17, 15) is 34.2 Å². The van der Waals surface area contributed by atoms with Gasteiger partial charge in [0.05, 0.1) is 12.5 Å². The summed E-state index contributed by atoms with van der Waals surface area (Å²) < 4.78 is 0. The van der Waals surface area contributed by atoms with Crippen molar-refractivity contribution >= 4 is 29.7 Å². The Hall–Kier alpha value is -3.67. The first-order valence-electron chi connectivity index (χ1n) is 11.5. The smallest absolute Gasteiger partial charge is 0.326 e. The number of aromatic hydroxyl groups is 1. The molecule has 4 atom stereocenters. The van der Waals surface area contributed by atoms with Crippen molar-refractivity contribution in [1.29, 1.82) is 0 Å². The average molecular weight is 491 g/mol. The number of amides is 3. The van der Waals surface area contributed by atoms with Crippen LogP contribution in [0.1, 0.15) is 37.7 Å². The molecule has 190 valence electrons. The Bertz CT molecular complexity index is 961. The fourth-order valence-electron chi connectivity index (χ4n) is 4.39. The van der Waals surface area contributed by atoms with E-state index >= 15 is 0 Å². The number of phenolic OH excluding ortho intramolecular Hbond substituents is 1. The monoisotopic (exact) mass is 490 g/mol. The number of rotatable bonds is 10. The van der Waals surface area contributed by atoms with Gasteiger partial charge in [-0.2, -0.15) is 0 Å². The Morgan fingerprint density at radius 2 is 1.71 bits per heavy atom. The maximum absolute atomic E-state index is 13.2. The third kappa shape index (κ3) is 6.92. The largest absolute Gasteiger partial charge is 0.508 e. The number of likely N-dealkylation sites (tertiary alicyclic amines) is 1. The van der Waals surface area contributed by atoms with Gasteiger partial charge in [0, 0.05) is 13.0 Å². The number of carbonyl (C=O) groups is 5. The SMILES string of the molecule is O=C(O)CC(NC(=O)C(Cc1ccc(O)cc1)NC(=O)C1CCCN1C(=O)C1CCCN1)C(=O)O. The third-order valence-corrected chi connectivity index (χ3v) is 6.20. The summed E-state index contributed by atoms with van der Waals surface area (Å²) in [6.45, 7) is 1.15. The average Bonchev–Trinajstić information content (AvgIpc) is 3.51. The van der Waals surface area contributed by atoms with Gasteiger partial charge in [-0.1, -0.05) is 12.1 Å². The van der Waals surface area contributed by atoms with Crippen molar-refractivity contribution in [2.45, 2.75) is 62.7 Å². The van der Waals surface area contributed by atoms with Crippen LogP contribution < -0.4 is 16.0 Å². The van der Waals surface area contributed by atoms with Crippen LogP contribution in [0.25, 0.3) is 0 Å². The molecule has 12 nitrogen and oxygen atoms in total. The van der Waals surface area contributed by atoms with E-state index in [1.54, 1.807) is 12.1 Å². The number of nitrogens with one attached hydrogen (secondary N) is 3. The zero-order valence-electron chi connectivity index (χ0n) is 19.1. The summed E-state index contributed by atoms with van der Waals surface area (Å²) in [6.07, 6.45) is 1.74. The van der Waals surface area contributed by atoms with Gasteiger partial charge in [0.2, 0.25) is 17.7 Å². The molecule has 2 heterocycles. The minimum atomic E-state index is -1.68. The molecular formula is C23H30N4O8. The van der Waals surface area contributed by atoms with Crippen LogP contribution in [-0.2, 0) is 30.4 Å². The van der Waals surface area contributed by atoms with Crippen molar-refractivity contribution < 1.29 is 39.3 Å². The Morgan fingerprint density at radius 1 is 1.00 bits per heavy atom. The van der Waals surface area contributed by atoms with Crippen LogP contribution in [0, 0.1) is 0 Å². The minimum Gasteiger partial charge on any atom is -0.508 e. The number of benzene rings is 1. The van der Waals surface area contributed by atoms with E-state index in [0.29, 0.717) is 31.4 Å². The minimum absolute atomic E-state index is 0.00631. The number of carbonyl (C=O) groups excluding carboxylic acids is 3. The highest BCUT2D eigenvalue weighted by molar-refractivity contribution is 5.95. The molecule has 1 aromatic rings. The Balaban J connectivity index is 1.75. The van der Waals surface area contributed by atoms with Gasteiger partial charge < -0.3 is 36.2 Å². The molecule has 3 rings (SSSR count). The van der Waals surface area contributed by atoms with Crippen molar-refractivity contribution in [3.63, 3.8) is 0 Å². The molecule has 3 amide bonds. The quantitative estimate of drug-likeness (QED) is 0.244. The van der Waals surface area contributed by atoms with Gasteiger partial charge in [0.1, 0.15) is 23.9 Å². The summed E-state index contributed by atoms with van der Waals surface area (Å²) in [6, 6.07) is 1.88. The van der Waals surface area contributed by atoms with Crippen LogP contribution in [0.4, 0.5) is 0 Å². The predicted octanol–water partition coefficient (Wildman–Crippen LogP) is -0.793. The molecule has 4 unspecified atom stereocenters. The third-order valence-electron chi connectivity index (χ3n) is 6.20. The van der Waals surface area contributed by atoms with Crippen molar-refractivity contribution in [2.75, 3.05) is 13.1 Å². The maximum Gasteiger partial charge on any atom is 0.326 e. The molecule has 0 saturated carbocycles. The van der Waals surface area contributed by atoms with Crippen LogP contribution in [-0.4, -0.2) is 87.1 Å². The zero-order valence-corrected chi connectivity index (χ0v) is 19.1. The first-order valence-corrected chi connectivity index (χ1v) is 11.5. The van der Waals surface area contributed by atoms with Crippen LogP contribution in [0.2, 0.25) is 0 Å². The molecule has 2 saturated heterocycles. The summed E-state index contributed by atoms with van der Waals surface area (Å²) in [7, 11) is 0. The molecule has 35 heavy (non-hydrogen) atoms. The molecule has 1 aromatic carbocycles. The number of nitrogens with zero attached hydrogens (tertiary/aromatic N) is 1. The first kappa shape index (κ1) is 25.9. The lowest BCUT2D eigenvalue weighted by Crippen LogP contribution is -2.57. The highest BCUT2D eigenvalue weighted by Gasteiger charge is 2.39. The van der Waals surface area contributed by atoms with Crippen molar-refractivity contribution in [3.8, 4) is 5.75 Å². The molecule has 0 spiro atoms. The van der Waals surface area contributed by atoms with Crippen LogP contribution in [0.15, 0.2) is 24.3 Å². The van der Waals surface area contributed by atoms with Crippen molar-refractivity contribution in [3.05, 3.63) is 29.8 Å². The van der Waals surface area contributed by atoms with Crippen LogP contribution in [0.5, 0.6) is 5.75 Å². The van der Waals surface area contributed by atoms with Crippen molar-refractivity contribution in [1.82, 2.24) is 20.9 Å². The second-order valence-corrected chi connectivity index (χ2v) is 8.77. The van der Waals surface area contributed by atoms with E-state index in [0.717, 1.165) is 13.0 Å². The Morgan fingerprint density at radius 3 is 2.31 bits per heavy atom. The van der Waals surface area contributed by atoms with Gasteiger partial charge >= 0.3 is 11.9 Å². The lowest BCUT2D eigenvalue weighted by molar-refractivity contribution is -0.147. The maximum atomic E-state index is 13.2. The topological polar surface area (TPSA) is 185 Å². The molecule has 2 fully saturated rings. The molecule has 0 bridgehead atoms. The summed E-state index contributed by atoms with van der Waals surface area (Å²) in [5.74, 6) is -4.49. The summed E-state index contributed by atoms with van der Waals surface area (Å²) in [5.41, 5.74) is 0.572. The number of hydrogen-bond donors (Lipinski definition) is 6. The van der Waals surface area contributed by atoms with E-state index in [1.807, 2.05) is 0 Å². The van der Waals surface area contributed by atoms with E-state index in [4.69, 9.17) is 5.11 Å². The number of phenols is 1. The normalized spacial score (nSPS) is 21.2. The number of hydrogen-bond acceptors (Lipinski definition) is 7. The van der Waals surface area contributed by atoms with E-state index in [1.165, 1.54) is 17.0 Å². The molecule has 0 radical (unpaired) electrons. The fourth-order valence-corrected chi connectivity index (χ4v) is 4.39. The second kappa shape index (κ2) is 11.6. The predicted molar refractivity (Wildman–Crippen MR) is 121 cm³/mol. The lowest BCUT2D eigenvalue weighted by atomic mass is 10.0. The Labute approximate surface area is 201 Å². The fraction of sp³-hybridized carbons (Fsp3) is 0.522. The number of carboxylic acids is 2. The van der Waals surface area contributed by atoms with Gasteiger partial charge in [-0.05, 0) is 49.9 Å². The highest BCUT2D eigenvalue weighted by Crippen LogP contribution is 2.21. The zero-order chi connectivity index (χ0) is 25.5. The summed E-state index contributed by atoms with van der Waals surface area (Å²) in [4.78, 5) is 63.0. The standard InChI is InChI=1S/C23H30N4O8/c28-14-7-5-13(6-8-14)11-16(20(31)26-17(23(34)35)12-19(29)30)25-21(32)18-4-2-10-27(18)22(33)15-3-1-9-24-15/h5-8,15-18,24,28H,1-4,9-12H2,(H,25,32)(H,26,31)(H,29,30)(H,34,35). The highest BCUT2D eigenvalue weighted by atomic mass is 16.4.